The number of anilines is 4. The second kappa shape index (κ2) is 8.42. The van der Waals surface area contributed by atoms with E-state index < -0.39 is 41.4 Å². The maximum atomic E-state index is 13.8. The van der Waals surface area contributed by atoms with E-state index >= 15 is 0 Å². The largest absolute Gasteiger partial charge is 0.478 e. The SMILES string of the molecule is N=C1c2ccoc2NC(C(=O)O)N1c1ccc(NC(=O)Nc2cc(C(F)(F)F)ccc2F)cc1. The first kappa shape index (κ1) is 22.6. The molecule has 1 aliphatic rings. The molecule has 5 N–H and O–H groups in total. The first-order valence-electron chi connectivity index (χ1n) is 9.54. The van der Waals surface area contributed by atoms with E-state index in [0.29, 0.717) is 29.4 Å². The van der Waals surface area contributed by atoms with E-state index in [0.717, 1.165) is 0 Å². The molecule has 2 amide bonds. The highest BCUT2D eigenvalue weighted by atomic mass is 19.4. The molecule has 0 spiro atoms. The average Bonchev–Trinajstić information content (AvgIpc) is 3.24. The molecular formula is C21H15F4N5O4. The fourth-order valence-electron chi connectivity index (χ4n) is 3.29. The van der Waals surface area contributed by atoms with Gasteiger partial charge in [-0.3, -0.25) is 10.3 Å². The van der Waals surface area contributed by atoms with Gasteiger partial charge in [0.15, 0.2) is 0 Å². The molecule has 0 aliphatic carbocycles. The van der Waals surface area contributed by atoms with E-state index in [9.17, 15) is 32.3 Å². The minimum atomic E-state index is -4.71. The minimum Gasteiger partial charge on any atom is -0.478 e. The van der Waals surface area contributed by atoms with Crippen molar-refractivity contribution >= 4 is 40.8 Å². The van der Waals surface area contributed by atoms with Gasteiger partial charge in [-0.1, -0.05) is 0 Å². The molecule has 34 heavy (non-hydrogen) atoms. The lowest BCUT2D eigenvalue weighted by molar-refractivity contribution is -0.138. The second-order valence-electron chi connectivity index (χ2n) is 7.09. The lowest BCUT2D eigenvalue weighted by Crippen LogP contribution is -2.53. The van der Waals surface area contributed by atoms with Crippen LogP contribution in [0.25, 0.3) is 0 Å². The van der Waals surface area contributed by atoms with E-state index in [-0.39, 0.29) is 17.4 Å². The van der Waals surface area contributed by atoms with Crippen LogP contribution in [0, 0.1) is 11.2 Å². The van der Waals surface area contributed by atoms with Crippen molar-refractivity contribution in [3.63, 3.8) is 0 Å². The first-order chi connectivity index (χ1) is 16.0. The molecule has 1 atom stereocenters. The maximum Gasteiger partial charge on any atom is 0.416 e. The number of hydrogen-bond donors (Lipinski definition) is 5. The summed E-state index contributed by atoms with van der Waals surface area (Å²) in [5.41, 5.74) is -0.952. The zero-order valence-electron chi connectivity index (χ0n) is 16.9. The summed E-state index contributed by atoms with van der Waals surface area (Å²) in [7, 11) is 0. The van der Waals surface area contributed by atoms with Crippen LogP contribution in [0.15, 0.2) is 59.2 Å². The van der Waals surface area contributed by atoms with E-state index in [1.807, 2.05) is 5.32 Å². The smallest absolute Gasteiger partial charge is 0.416 e. The van der Waals surface area contributed by atoms with Gasteiger partial charge < -0.3 is 25.5 Å². The van der Waals surface area contributed by atoms with Crippen molar-refractivity contribution in [2.24, 2.45) is 0 Å². The number of urea groups is 1. The Balaban J connectivity index is 1.50. The topological polar surface area (TPSA) is 131 Å². The lowest BCUT2D eigenvalue weighted by atomic mass is 10.1. The Labute approximate surface area is 188 Å². The Morgan fingerprint density at radius 3 is 2.44 bits per heavy atom. The molecule has 0 saturated heterocycles. The molecule has 176 valence electrons. The third-order valence-electron chi connectivity index (χ3n) is 4.87. The number of carboxylic acid groups (broad SMARTS) is 1. The molecule has 0 saturated carbocycles. The number of nitrogens with one attached hydrogen (secondary N) is 4. The molecule has 0 fully saturated rings. The Kier molecular flexibility index (Phi) is 5.61. The van der Waals surface area contributed by atoms with Crippen LogP contribution in [-0.4, -0.2) is 29.1 Å². The third-order valence-corrected chi connectivity index (χ3v) is 4.87. The molecule has 13 heteroatoms. The summed E-state index contributed by atoms with van der Waals surface area (Å²) < 4.78 is 57.5. The summed E-state index contributed by atoms with van der Waals surface area (Å²) >= 11 is 0. The molecule has 0 bridgehead atoms. The number of hydrogen-bond acceptors (Lipinski definition) is 5. The molecule has 1 aromatic heterocycles. The number of amides is 2. The van der Waals surface area contributed by atoms with Crippen LogP contribution in [0.3, 0.4) is 0 Å². The molecule has 0 radical (unpaired) electrons. The highest BCUT2D eigenvalue weighted by molar-refractivity contribution is 6.15. The van der Waals surface area contributed by atoms with Gasteiger partial charge >= 0.3 is 18.2 Å². The number of rotatable bonds is 4. The summed E-state index contributed by atoms with van der Waals surface area (Å²) in [5, 5.41) is 24.9. The number of halogens is 4. The van der Waals surface area contributed by atoms with Gasteiger partial charge in [0.25, 0.3) is 0 Å². The van der Waals surface area contributed by atoms with Crippen LogP contribution in [0.5, 0.6) is 0 Å². The molecule has 1 aliphatic heterocycles. The zero-order chi connectivity index (χ0) is 24.6. The number of carboxylic acids is 1. The van der Waals surface area contributed by atoms with Crippen molar-refractivity contribution in [2.75, 3.05) is 20.9 Å². The fourth-order valence-corrected chi connectivity index (χ4v) is 3.29. The van der Waals surface area contributed by atoms with E-state index in [4.69, 9.17) is 9.83 Å². The summed E-state index contributed by atoms with van der Waals surface area (Å²) in [6.45, 7) is 0. The molecule has 3 aromatic rings. The van der Waals surface area contributed by atoms with Crippen molar-refractivity contribution in [1.82, 2.24) is 0 Å². The van der Waals surface area contributed by atoms with Gasteiger partial charge in [-0.15, -0.1) is 0 Å². The van der Waals surface area contributed by atoms with Crippen molar-refractivity contribution in [3.05, 3.63) is 71.7 Å². The van der Waals surface area contributed by atoms with Crippen LogP contribution in [-0.2, 0) is 11.0 Å². The quantitative estimate of drug-likeness (QED) is 0.345. The van der Waals surface area contributed by atoms with Crippen LogP contribution in [0.4, 0.5) is 45.3 Å². The van der Waals surface area contributed by atoms with Crippen molar-refractivity contribution in [2.45, 2.75) is 12.3 Å². The number of nitrogens with zero attached hydrogens (tertiary/aromatic N) is 1. The van der Waals surface area contributed by atoms with Gasteiger partial charge in [0.1, 0.15) is 11.7 Å². The predicted octanol–water partition coefficient (Wildman–Crippen LogP) is 4.75. The second-order valence-corrected chi connectivity index (χ2v) is 7.09. The molecule has 9 nitrogen and oxygen atoms in total. The number of carbonyl (C=O) groups is 2. The Bertz CT molecular complexity index is 1270. The summed E-state index contributed by atoms with van der Waals surface area (Å²) in [6.07, 6.45) is -4.73. The van der Waals surface area contributed by atoms with Crippen LogP contribution < -0.4 is 20.9 Å². The third kappa shape index (κ3) is 4.35. The van der Waals surface area contributed by atoms with Gasteiger partial charge in [0.2, 0.25) is 12.0 Å². The molecule has 1 unspecified atom stereocenters. The van der Waals surface area contributed by atoms with E-state index in [1.54, 1.807) is 0 Å². The standard InChI is InChI=1S/C21H15F4N5O4/c22-14-6-1-10(21(23,24)25)9-15(14)28-20(33)27-11-2-4-12(5-3-11)30-16(26)13-7-8-34-18(13)29-17(30)19(31)32/h1-9,17,26,29H,(H,31,32)(H2,27,28,33). The van der Waals surface area contributed by atoms with E-state index in [1.165, 1.54) is 41.5 Å². The molecule has 4 rings (SSSR count). The lowest BCUT2D eigenvalue weighted by Gasteiger charge is -2.35. The molecule has 2 aromatic carbocycles. The Morgan fingerprint density at radius 2 is 1.79 bits per heavy atom. The van der Waals surface area contributed by atoms with Gasteiger partial charge in [-0.2, -0.15) is 13.2 Å². The highest BCUT2D eigenvalue weighted by Gasteiger charge is 2.37. The monoisotopic (exact) mass is 477 g/mol. The maximum absolute atomic E-state index is 13.8. The Hall–Kier alpha value is -4.55. The normalized spacial score (nSPS) is 15.4. The first-order valence-corrected chi connectivity index (χ1v) is 9.54. The van der Waals surface area contributed by atoms with Gasteiger partial charge in [-0.25, -0.2) is 14.0 Å². The van der Waals surface area contributed by atoms with Gasteiger partial charge in [0.05, 0.1) is 23.1 Å². The van der Waals surface area contributed by atoms with Gasteiger partial charge in [-0.05, 0) is 48.5 Å². The number of furan rings is 1. The number of fused-ring (bicyclic) bond motifs is 1. The van der Waals surface area contributed by atoms with Crippen molar-refractivity contribution in [1.29, 1.82) is 5.41 Å². The summed E-state index contributed by atoms with van der Waals surface area (Å²) in [4.78, 5) is 25.1. The number of aliphatic carboxylic acids is 1. The summed E-state index contributed by atoms with van der Waals surface area (Å²) in [6, 6.07) is 7.76. The zero-order valence-corrected chi connectivity index (χ0v) is 16.9. The van der Waals surface area contributed by atoms with E-state index in [2.05, 4.69) is 10.6 Å². The van der Waals surface area contributed by atoms with Gasteiger partial charge in [0, 0.05) is 11.4 Å². The number of amidine groups is 1. The van der Waals surface area contributed by atoms with Crippen LogP contribution in [0.1, 0.15) is 11.1 Å². The minimum absolute atomic E-state index is 0.131. The number of alkyl halides is 3. The average molecular weight is 477 g/mol. The Morgan fingerprint density at radius 1 is 1.09 bits per heavy atom. The van der Waals surface area contributed by atoms with Crippen LogP contribution >= 0.6 is 0 Å². The fraction of sp³-hybridized carbons (Fsp3) is 0.0952. The molecular weight excluding hydrogens is 462 g/mol. The van der Waals surface area contributed by atoms with Crippen molar-refractivity contribution in [3.8, 4) is 0 Å². The number of carbonyl (C=O) groups excluding carboxylic acids is 1. The highest BCUT2D eigenvalue weighted by Crippen LogP contribution is 2.33. The summed E-state index contributed by atoms with van der Waals surface area (Å²) in [5.74, 6) is -2.30. The van der Waals surface area contributed by atoms with Crippen molar-refractivity contribution < 1.29 is 36.7 Å². The number of benzene rings is 2. The molecule has 2 heterocycles. The predicted molar refractivity (Wildman–Crippen MR) is 114 cm³/mol. The van der Waals surface area contributed by atoms with Crippen LogP contribution in [0.2, 0.25) is 0 Å².